The number of hydrogen-bond acceptors (Lipinski definition) is 1. The van der Waals surface area contributed by atoms with Gasteiger partial charge in [-0.1, -0.05) is 0 Å². The Balaban J connectivity index is 3.90. The van der Waals surface area contributed by atoms with Crippen LogP contribution < -0.4 is 0 Å². The first-order valence-electron chi connectivity index (χ1n) is 3.07. The van der Waals surface area contributed by atoms with Crippen molar-refractivity contribution in [3.8, 4) is 0 Å². The van der Waals surface area contributed by atoms with Crippen LogP contribution in [0.15, 0.2) is 0 Å². The summed E-state index contributed by atoms with van der Waals surface area (Å²) in [6.07, 6.45) is 0.422. The largest absolute Gasteiger partial charge is 0.481 e. The summed E-state index contributed by atoms with van der Waals surface area (Å²) in [5, 5.41) is 8.56. The Hall–Kier alpha value is -1.04. The molecule has 0 aliphatic rings. The molecule has 0 saturated heterocycles. The standard InChI is InChI=1S/C7H11NO2/c1-7(2,6(9)10)4-5-8-3/h4-5H2,1-2H3,(H,9,10). The second-order valence-electron chi connectivity index (χ2n) is 2.82. The fourth-order valence-corrected chi connectivity index (χ4v) is 0.442. The van der Waals surface area contributed by atoms with E-state index in [1.54, 1.807) is 13.8 Å². The fourth-order valence-electron chi connectivity index (χ4n) is 0.442. The van der Waals surface area contributed by atoms with Crippen LogP contribution in [0, 0.1) is 12.0 Å². The van der Waals surface area contributed by atoms with Gasteiger partial charge in [0.15, 0.2) is 0 Å². The minimum atomic E-state index is -0.837. The lowest BCUT2D eigenvalue weighted by Gasteiger charge is -2.14. The summed E-state index contributed by atoms with van der Waals surface area (Å²) in [6, 6.07) is 0. The Morgan fingerprint density at radius 3 is 2.50 bits per heavy atom. The first kappa shape index (κ1) is 8.96. The maximum Gasteiger partial charge on any atom is 0.309 e. The van der Waals surface area contributed by atoms with E-state index in [4.69, 9.17) is 11.7 Å². The zero-order valence-corrected chi connectivity index (χ0v) is 6.22. The summed E-state index contributed by atoms with van der Waals surface area (Å²) >= 11 is 0. The molecule has 3 heteroatoms. The molecule has 0 amide bonds. The van der Waals surface area contributed by atoms with Gasteiger partial charge in [0.2, 0.25) is 6.54 Å². The van der Waals surface area contributed by atoms with Crippen molar-refractivity contribution in [1.29, 1.82) is 0 Å². The van der Waals surface area contributed by atoms with Crippen LogP contribution in [0.1, 0.15) is 20.3 Å². The maximum atomic E-state index is 10.4. The molecule has 0 spiro atoms. The maximum absolute atomic E-state index is 10.4. The lowest BCUT2D eigenvalue weighted by molar-refractivity contribution is -0.147. The highest BCUT2D eigenvalue weighted by Gasteiger charge is 2.27. The number of carboxylic acids is 1. The molecular formula is C7H11NO2. The van der Waals surface area contributed by atoms with E-state index in [2.05, 4.69) is 4.85 Å². The van der Waals surface area contributed by atoms with E-state index in [-0.39, 0.29) is 0 Å². The summed E-state index contributed by atoms with van der Waals surface area (Å²) in [5.74, 6) is -0.837. The van der Waals surface area contributed by atoms with Gasteiger partial charge in [-0.25, -0.2) is 6.57 Å². The molecule has 0 bridgehead atoms. The second-order valence-corrected chi connectivity index (χ2v) is 2.82. The normalized spacial score (nSPS) is 10.5. The molecule has 0 aromatic rings. The van der Waals surface area contributed by atoms with Gasteiger partial charge in [-0.2, -0.15) is 0 Å². The molecule has 0 aromatic carbocycles. The first-order valence-corrected chi connectivity index (χ1v) is 3.07. The highest BCUT2D eigenvalue weighted by Crippen LogP contribution is 2.19. The summed E-state index contributed by atoms with van der Waals surface area (Å²) in [7, 11) is 0. The predicted molar refractivity (Wildman–Crippen MR) is 37.5 cm³/mol. The zero-order valence-electron chi connectivity index (χ0n) is 6.22. The number of carboxylic acid groups (broad SMARTS) is 1. The summed E-state index contributed by atoms with van der Waals surface area (Å²) < 4.78 is 0. The number of nitrogens with zero attached hydrogens (tertiary/aromatic N) is 1. The van der Waals surface area contributed by atoms with Gasteiger partial charge < -0.3 is 9.95 Å². The van der Waals surface area contributed by atoms with Crippen molar-refractivity contribution in [3.63, 3.8) is 0 Å². The molecule has 0 fully saturated rings. The van der Waals surface area contributed by atoms with Crippen molar-refractivity contribution in [3.05, 3.63) is 11.4 Å². The Kier molecular flexibility index (Phi) is 2.88. The van der Waals surface area contributed by atoms with Crippen molar-refractivity contribution in [2.24, 2.45) is 5.41 Å². The number of aliphatic carboxylic acids is 1. The van der Waals surface area contributed by atoms with Gasteiger partial charge in [0.25, 0.3) is 0 Å². The van der Waals surface area contributed by atoms with E-state index in [1.807, 2.05) is 0 Å². The topological polar surface area (TPSA) is 41.7 Å². The number of carbonyl (C=O) groups is 1. The molecule has 0 radical (unpaired) electrons. The monoisotopic (exact) mass is 141 g/mol. The molecule has 0 saturated carbocycles. The van der Waals surface area contributed by atoms with Crippen molar-refractivity contribution in [2.75, 3.05) is 6.54 Å². The first-order chi connectivity index (χ1) is 4.50. The molecule has 3 nitrogen and oxygen atoms in total. The third-order valence-electron chi connectivity index (χ3n) is 1.43. The van der Waals surface area contributed by atoms with Crippen molar-refractivity contribution in [2.45, 2.75) is 20.3 Å². The Bertz CT molecular complexity index is 167. The lowest BCUT2D eigenvalue weighted by atomic mass is 9.90. The average molecular weight is 141 g/mol. The molecule has 1 N–H and O–H groups in total. The van der Waals surface area contributed by atoms with Gasteiger partial charge in [0.05, 0.1) is 5.41 Å². The van der Waals surface area contributed by atoms with Crippen LogP contribution in [0.5, 0.6) is 0 Å². The van der Waals surface area contributed by atoms with Crippen LogP contribution in [-0.4, -0.2) is 17.6 Å². The molecule has 0 atom stereocenters. The quantitative estimate of drug-likeness (QED) is 0.604. The fraction of sp³-hybridized carbons (Fsp3) is 0.714. The zero-order chi connectivity index (χ0) is 8.20. The van der Waals surface area contributed by atoms with Crippen LogP contribution >= 0.6 is 0 Å². The average Bonchev–Trinajstić information content (AvgIpc) is 1.84. The van der Waals surface area contributed by atoms with Crippen LogP contribution in [0.25, 0.3) is 4.85 Å². The molecule has 0 aliphatic heterocycles. The molecule has 0 unspecified atom stereocenters. The van der Waals surface area contributed by atoms with Gasteiger partial charge >= 0.3 is 5.97 Å². The van der Waals surface area contributed by atoms with Crippen molar-refractivity contribution in [1.82, 2.24) is 0 Å². The van der Waals surface area contributed by atoms with Gasteiger partial charge in [-0.05, 0) is 13.8 Å². The van der Waals surface area contributed by atoms with Crippen molar-refractivity contribution < 1.29 is 9.90 Å². The van der Waals surface area contributed by atoms with Crippen LogP contribution in [0.2, 0.25) is 0 Å². The molecular weight excluding hydrogens is 130 g/mol. The lowest BCUT2D eigenvalue weighted by Crippen LogP contribution is -2.24. The second kappa shape index (κ2) is 3.21. The Morgan fingerprint density at radius 1 is 1.70 bits per heavy atom. The predicted octanol–water partition coefficient (Wildman–Crippen LogP) is 1.41. The number of rotatable bonds is 3. The van der Waals surface area contributed by atoms with E-state index in [1.165, 1.54) is 0 Å². The van der Waals surface area contributed by atoms with E-state index < -0.39 is 11.4 Å². The molecule has 0 aliphatic carbocycles. The molecule has 0 heterocycles. The molecule has 10 heavy (non-hydrogen) atoms. The van der Waals surface area contributed by atoms with Gasteiger partial charge in [-0.3, -0.25) is 4.79 Å². The van der Waals surface area contributed by atoms with Crippen molar-refractivity contribution >= 4 is 5.97 Å². The van der Waals surface area contributed by atoms with E-state index in [9.17, 15) is 4.79 Å². The highest BCUT2D eigenvalue weighted by atomic mass is 16.4. The third kappa shape index (κ3) is 2.49. The molecule has 0 aromatic heterocycles. The van der Waals surface area contributed by atoms with Gasteiger partial charge in [-0.15, -0.1) is 0 Å². The Morgan fingerprint density at radius 2 is 2.20 bits per heavy atom. The third-order valence-corrected chi connectivity index (χ3v) is 1.43. The molecule has 0 rings (SSSR count). The minimum Gasteiger partial charge on any atom is -0.481 e. The number of hydrogen-bond donors (Lipinski definition) is 1. The minimum absolute atomic E-state index is 0.291. The Labute approximate surface area is 60.5 Å². The van der Waals surface area contributed by atoms with Gasteiger partial charge in [0, 0.05) is 6.42 Å². The van der Waals surface area contributed by atoms with E-state index in [0.29, 0.717) is 13.0 Å². The van der Waals surface area contributed by atoms with Crippen LogP contribution in [0.4, 0.5) is 0 Å². The van der Waals surface area contributed by atoms with E-state index >= 15 is 0 Å². The van der Waals surface area contributed by atoms with E-state index in [0.717, 1.165) is 0 Å². The SMILES string of the molecule is [C-]#[N+]CCC(C)(C)C(=O)O. The summed E-state index contributed by atoms with van der Waals surface area (Å²) in [4.78, 5) is 13.5. The highest BCUT2D eigenvalue weighted by molar-refractivity contribution is 5.73. The van der Waals surface area contributed by atoms with Crippen LogP contribution in [-0.2, 0) is 4.79 Å². The van der Waals surface area contributed by atoms with Crippen LogP contribution in [0.3, 0.4) is 0 Å². The molecule has 56 valence electrons. The summed E-state index contributed by atoms with van der Waals surface area (Å²) in [6.45, 7) is 10.00. The smallest absolute Gasteiger partial charge is 0.309 e. The summed E-state index contributed by atoms with van der Waals surface area (Å²) in [5.41, 5.74) is -0.745. The van der Waals surface area contributed by atoms with Gasteiger partial charge in [0.1, 0.15) is 0 Å².